The van der Waals surface area contributed by atoms with Gasteiger partial charge in [-0.25, -0.2) is 0 Å². The average molecular weight is 447 g/mol. The van der Waals surface area contributed by atoms with E-state index in [2.05, 4.69) is 140 Å². The molecule has 0 radical (unpaired) electrons. The second-order valence-corrected chi connectivity index (χ2v) is 11.8. The molecule has 0 aliphatic rings. The molecular weight excluding hydrogens is 408 g/mol. The zero-order valence-corrected chi connectivity index (χ0v) is 22.1. The lowest BCUT2D eigenvalue weighted by Crippen LogP contribution is -2.10. The van der Waals surface area contributed by atoms with Crippen LogP contribution >= 0.6 is 0 Å². The zero-order valence-electron chi connectivity index (χ0n) is 22.1. The molecule has 0 heteroatoms. The maximum Gasteiger partial charge on any atom is -0.0132 e. The van der Waals surface area contributed by atoms with Crippen molar-refractivity contribution in [2.45, 2.75) is 66.2 Å². The Morgan fingerprint density at radius 2 is 0.647 bits per heavy atom. The van der Waals surface area contributed by atoms with Crippen molar-refractivity contribution < 1.29 is 0 Å². The summed E-state index contributed by atoms with van der Waals surface area (Å²) in [5.74, 6) is 0. The number of hydrogen-bond donors (Lipinski definition) is 0. The summed E-state index contributed by atoms with van der Waals surface area (Å²) >= 11 is 0. The third-order valence-corrected chi connectivity index (χ3v) is 6.66. The van der Waals surface area contributed by atoms with Crippen molar-refractivity contribution in [1.29, 1.82) is 0 Å². The first kappa shape index (κ1) is 24.0. The van der Waals surface area contributed by atoms with Gasteiger partial charge in [0.2, 0.25) is 0 Å². The normalized spacial score (nSPS) is 12.1. The van der Waals surface area contributed by atoms with Crippen LogP contribution in [0.2, 0.25) is 0 Å². The number of hydrogen-bond acceptors (Lipinski definition) is 0. The fraction of sp³-hybridized carbons (Fsp3) is 0.294. The molecule has 0 spiro atoms. The third kappa shape index (κ3) is 5.33. The Bertz CT molecular complexity index is 1190. The van der Waals surface area contributed by atoms with Gasteiger partial charge < -0.3 is 0 Å². The molecule has 0 saturated heterocycles. The van der Waals surface area contributed by atoms with Crippen molar-refractivity contribution in [3.8, 4) is 33.4 Å². The summed E-state index contributed by atoms with van der Waals surface area (Å²) in [5.41, 5.74) is 13.2. The van der Waals surface area contributed by atoms with Crippen molar-refractivity contribution in [1.82, 2.24) is 0 Å². The molecule has 0 heterocycles. The number of benzene rings is 4. The highest BCUT2D eigenvalue weighted by atomic mass is 14.2. The van der Waals surface area contributed by atoms with Gasteiger partial charge in [0.1, 0.15) is 0 Å². The second kappa shape index (κ2) is 8.91. The lowest BCUT2D eigenvalue weighted by atomic mass is 9.85. The molecule has 0 aromatic heterocycles. The monoisotopic (exact) mass is 446 g/mol. The van der Waals surface area contributed by atoms with Crippen LogP contribution in [0.25, 0.3) is 33.4 Å². The highest BCUT2D eigenvalue weighted by Gasteiger charge is 2.15. The van der Waals surface area contributed by atoms with E-state index in [1.54, 1.807) is 0 Å². The zero-order chi connectivity index (χ0) is 24.7. The van der Waals surface area contributed by atoms with Gasteiger partial charge in [0.25, 0.3) is 0 Å². The lowest BCUT2D eigenvalue weighted by molar-refractivity contribution is 0.590. The van der Waals surface area contributed by atoms with E-state index in [9.17, 15) is 0 Å². The van der Waals surface area contributed by atoms with Crippen molar-refractivity contribution in [3.63, 3.8) is 0 Å². The largest absolute Gasteiger partial charge is 0.0579 e. The molecule has 4 aromatic rings. The van der Waals surface area contributed by atoms with Crippen molar-refractivity contribution in [3.05, 3.63) is 107 Å². The Hall–Kier alpha value is -3.12. The van der Waals surface area contributed by atoms with E-state index in [0.717, 1.165) is 0 Å². The van der Waals surface area contributed by atoms with Gasteiger partial charge in [-0.2, -0.15) is 0 Å². The standard InChI is InChI=1S/C34H38/c1-23-17-24(2)19-27(18-23)30-21-28(25-9-13-31(14-10-25)33(3,4)5)20-29(22-30)26-11-15-32(16-12-26)34(6,7)8/h9-22H,1-8H3. The van der Waals surface area contributed by atoms with Crippen LogP contribution in [0.4, 0.5) is 0 Å². The van der Waals surface area contributed by atoms with Crippen LogP contribution in [-0.2, 0) is 10.8 Å². The topological polar surface area (TPSA) is 0 Å². The van der Waals surface area contributed by atoms with Crippen molar-refractivity contribution >= 4 is 0 Å². The first-order valence-electron chi connectivity index (χ1n) is 12.4. The summed E-state index contributed by atoms with van der Waals surface area (Å²) in [5, 5.41) is 0. The molecule has 174 valence electrons. The number of aryl methyl sites for hydroxylation is 2. The maximum atomic E-state index is 2.34. The Morgan fingerprint density at radius 1 is 0.353 bits per heavy atom. The fourth-order valence-electron chi connectivity index (χ4n) is 4.59. The Balaban J connectivity index is 1.86. The minimum atomic E-state index is 0.152. The predicted molar refractivity (Wildman–Crippen MR) is 150 cm³/mol. The summed E-state index contributed by atoms with van der Waals surface area (Å²) in [4.78, 5) is 0. The van der Waals surface area contributed by atoms with E-state index >= 15 is 0 Å². The van der Waals surface area contributed by atoms with Gasteiger partial charge in [-0.15, -0.1) is 0 Å². The predicted octanol–water partition coefficient (Wildman–Crippen LogP) is 9.90. The van der Waals surface area contributed by atoms with Gasteiger partial charge in [-0.05, 0) is 87.4 Å². The third-order valence-electron chi connectivity index (χ3n) is 6.66. The molecular formula is C34H38. The van der Waals surface area contributed by atoms with Crippen LogP contribution in [0, 0.1) is 13.8 Å². The van der Waals surface area contributed by atoms with Crippen LogP contribution in [0.15, 0.2) is 84.9 Å². The van der Waals surface area contributed by atoms with Gasteiger partial charge in [-0.3, -0.25) is 0 Å². The molecule has 0 saturated carbocycles. The van der Waals surface area contributed by atoms with E-state index < -0.39 is 0 Å². The van der Waals surface area contributed by atoms with Crippen LogP contribution in [-0.4, -0.2) is 0 Å². The fourth-order valence-corrected chi connectivity index (χ4v) is 4.59. The van der Waals surface area contributed by atoms with Gasteiger partial charge in [0.15, 0.2) is 0 Å². The Kier molecular flexibility index (Phi) is 6.30. The summed E-state index contributed by atoms with van der Waals surface area (Å²) in [6, 6.07) is 32.0. The van der Waals surface area contributed by atoms with Gasteiger partial charge in [0, 0.05) is 0 Å². The highest BCUT2D eigenvalue weighted by Crippen LogP contribution is 2.35. The smallest absolute Gasteiger partial charge is 0.0132 e. The average Bonchev–Trinajstić information content (AvgIpc) is 2.77. The van der Waals surface area contributed by atoms with E-state index in [1.807, 2.05) is 0 Å². The molecule has 0 N–H and O–H groups in total. The van der Waals surface area contributed by atoms with Gasteiger partial charge in [0.05, 0.1) is 0 Å². The lowest BCUT2D eigenvalue weighted by Gasteiger charge is -2.20. The summed E-state index contributed by atoms with van der Waals surface area (Å²) in [6.45, 7) is 18.0. The first-order chi connectivity index (χ1) is 15.9. The van der Waals surface area contributed by atoms with Gasteiger partial charge >= 0.3 is 0 Å². The van der Waals surface area contributed by atoms with Gasteiger partial charge in [-0.1, -0.05) is 119 Å². The second-order valence-electron chi connectivity index (χ2n) is 11.8. The minimum Gasteiger partial charge on any atom is -0.0579 e. The molecule has 0 aliphatic heterocycles. The Morgan fingerprint density at radius 3 is 0.971 bits per heavy atom. The van der Waals surface area contributed by atoms with E-state index in [1.165, 1.54) is 55.6 Å². The molecule has 4 rings (SSSR count). The molecule has 0 nitrogen and oxygen atoms in total. The molecule has 0 atom stereocenters. The Labute approximate surface area is 206 Å². The highest BCUT2D eigenvalue weighted by molar-refractivity contribution is 5.81. The summed E-state index contributed by atoms with van der Waals surface area (Å²) in [6.07, 6.45) is 0. The quantitative estimate of drug-likeness (QED) is 0.294. The summed E-state index contributed by atoms with van der Waals surface area (Å²) < 4.78 is 0. The van der Waals surface area contributed by atoms with E-state index in [4.69, 9.17) is 0 Å². The molecule has 0 fully saturated rings. The van der Waals surface area contributed by atoms with Crippen molar-refractivity contribution in [2.75, 3.05) is 0 Å². The van der Waals surface area contributed by atoms with Crippen LogP contribution < -0.4 is 0 Å². The maximum absolute atomic E-state index is 2.34. The molecule has 4 aromatic carbocycles. The number of rotatable bonds is 3. The van der Waals surface area contributed by atoms with Crippen LogP contribution in [0.1, 0.15) is 63.8 Å². The first-order valence-corrected chi connectivity index (χ1v) is 12.4. The molecule has 34 heavy (non-hydrogen) atoms. The SMILES string of the molecule is Cc1cc(C)cc(-c2cc(-c3ccc(C(C)(C)C)cc3)cc(-c3ccc(C(C)(C)C)cc3)c2)c1. The van der Waals surface area contributed by atoms with E-state index in [-0.39, 0.29) is 10.8 Å². The summed E-state index contributed by atoms with van der Waals surface area (Å²) in [7, 11) is 0. The molecule has 0 aliphatic carbocycles. The van der Waals surface area contributed by atoms with Crippen molar-refractivity contribution in [2.24, 2.45) is 0 Å². The molecule has 0 bridgehead atoms. The van der Waals surface area contributed by atoms with Crippen LogP contribution in [0.5, 0.6) is 0 Å². The van der Waals surface area contributed by atoms with Crippen LogP contribution in [0.3, 0.4) is 0 Å². The van der Waals surface area contributed by atoms with E-state index in [0.29, 0.717) is 0 Å². The molecule has 0 unspecified atom stereocenters. The minimum absolute atomic E-state index is 0.152. The molecule has 0 amide bonds.